The van der Waals surface area contributed by atoms with Crippen LogP contribution in [0.15, 0.2) is 10.7 Å². The third-order valence-electron chi connectivity index (χ3n) is 2.00. The average molecular weight is 217 g/mol. The van der Waals surface area contributed by atoms with Crippen molar-refractivity contribution < 1.29 is 9.32 Å². The van der Waals surface area contributed by atoms with Crippen LogP contribution in [0.5, 0.6) is 0 Å². The fraction of sp³-hybridized carbons (Fsp3) is 0.556. The molecule has 1 heterocycles. The highest BCUT2D eigenvalue weighted by Gasteiger charge is 2.18. The summed E-state index contributed by atoms with van der Waals surface area (Å²) in [7, 11) is 0. The lowest BCUT2D eigenvalue weighted by molar-refractivity contribution is 0.0772. The first kappa shape index (κ1) is 11.0. The quantitative estimate of drug-likeness (QED) is 0.720. The Balaban J connectivity index is 2.78. The Labute approximate surface area is 87.8 Å². The Kier molecular flexibility index (Phi) is 3.95. The molecule has 0 atom stereocenters. The van der Waals surface area contributed by atoms with E-state index in [2.05, 4.69) is 5.16 Å². The molecule has 0 bridgehead atoms. The van der Waals surface area contributed by atoms with E-state index < -0.39 is 0 Å². The third kappa shape index (κ3) is 2.26. The number of nitrogens with zero attached hydrogens (tertiary/aromatic N) is 2. The predicted octanol–water partition coefficient (Wildman–Crippen LogP) is 1.68. The van der Waals surface area contributed by atoms with E-state index in [1.807, 2.05) is 6.92 Å². The molecule has 1 aromatic heterocycles. The van der Waals surface area contributed by atoms with Gasteiger partial charge in [-0.3, -0.25) is 4.79 Å². The molecule has 0 aromatic carbocycles. The zero-order valence-electron chi connectivity index (χ0n) is 8.29. The Morgan fingerprint density at radius 3 is 2.86 bits per heavy atom. The number of rotatable bonds is 4. The van der Waals surface area contributed by atoms with Crippen LogP contribution in [-0.2, 0) is 0 Å². The van der Waals surface area contributed by atoms with Gasteiger partial charge in [0, 0.05) is 19.0 Å². The number of carbonyl (C=O) groups excluding carboxylic acids is 1. The number of carbonyl (C=O) groups is 1. The summed E-state index contributed by atoms with van der Waals surface area (Å²) in [6, 6.07) is 0. The fourth-order valence-electron chi connectivity index (χ4n) is 1.18. The zero-order chi connectivity index (χ0) is 10.6. The standard InChI is InChI=1S/C9H13ClN2O2/c1-3-12(5-4-10)9(13)8-6-11-14-7(8)2/h6H,3-5H2,1-2H3. The number of aromatic nitrogens is 1. The molecule has 0 aliphatic heterocycles. The highest BCUT2D eigenvalue weighted by molar-refractivity contribution is 6.18. The topological polar surface area (TPSA) is 46.3 Å². The van der Waals surface area contributed by atoms with Crippen LogP contribution in [0.3, 0.4) is 0 Å². The minimum Gasteiger partial charge on any atom is -0.361 e. The average Bonchev–Trinajstić information content (AvgIpc) is 2.59. The van der Waals surface area contributed by atoms with Crippen LogP contribution in [0.4, 0.5) is 0 Å². The molecule has 0 spiro atoms. The number of alkyl halides is 1. The highest BCUT2D eigenvalue weighted by Crippen LogP contribution is 2.09. The molecule has 0 saturated heterocycles. The van der Waals surface area contributed by atoms with Gasteiger partial charge in [-0.05, 0) is 13.8 Å². The van der Waals surface area contributed by atoms with Gasteiger partial charge >= 0.3 is 0 Å². The molecule has 1 amide bonds. The molecule has 0 saturated carbocycles. The summed E-state index contributed by atoms with van der Waals surface area (Å²) in [4.78, 5) is 13.5. The molecule has 4 nitrogen and oxygen atoms in total. The van der Waals surface area contributed by atoms with Crippen molar-refractivity contribution in [2.45, 2.75) is 13.8 Å². The molecule has 0 N–H and O–H groups in total. The van der Waals surface area contributed by atoms with Gasteiger partial charge in [0.1, 0.15) is 11.3 Å². The fourth-order valence-corrected chi connectivity index (χ4v) is 1.38. The van der Waals surface area contributed by atoms with Crippen molar-refractivity contribution in [3.05, 3.63) is 17.5 Å². The number of aryl methyl sites for hydroxylation is 1. The molecule has 1 rings (SSSR count). The molecule has 1 aromatic rings. The molecule has 14 heavy (non-hydrogen) atoms. The second kappa shape index (κ2) is 5.00. The van der Waals surface area contributed by atoms with Gasteiger partial charge in [0.25, 0.3) is 5.91 Å². The van der Waals surface area contributed by atoms with Gasteiger partial charge in [0.2, 0.25) is 0 Å². The second-order valence-corrected chi connectivity index (χ2v) is 3.25. The van der Waals surface area contributed by atoms with E-state index in [4.69, 9.17) is 16.1 Å². The highest BCUT2D eigenvalue weighted by atomic mass is 35.5. The monoisotopic (exact) mass is 216 g/mol. The van der Waals surface area contributed by atoms with Crippen LogP contribution in [-0.4, -0.2) is 34.9 Å². The van der Waals surface area contributed by atoms with Crippen LogP contribution in [0.1, 0.15) is 23.0 Å². The largest absolute Gasteiger partial charge is 0.361 e. The van der Waals surface area contributed by atoms with Crippen LogP contribution < -0.4 is 0 Å². The lowest BCUT2D eigenvalue weighted by Crippen LogP contribution is -2.32. The van der Waals surface area contributed by atoms with Gasteiger partial charge in [-0.1, -0.05) is 5.16 Å². The molecular formula is C9H13ClN2O2. The molecule has 0 fully saturated rings. The van der Waals surface area contributed by atoms with Crippen LogP contribution in [0.2, 0.25) is 0 Å². The van der Waals surface area contributed by atoms with E-state index >= 15 is 0 Å². The van der Waals surface area contributed by atoms with E-state index in [1.165, 1.54) is 6.20 Å². The number of halogens is 1. The van der Waals surface area contributed by atoms with Crippen molar-refractivity contribution in [3.63, 3.8) is 0 Å². The summed E-state index contributed by atoms with van der Waals surface area (Å²) >= 11 is 5.59. The SMILES string of the molecule is CCN(CCCl)C(=O)c1cnoc1C. The first-order valence-corrected chi connectivity index (χ1v) is 5.00. The van der Waals surface area contributed by atoms with E-state index in [1.54, 1.807) is 11.8 Å². The maximum absolute atomic E-state index is 11.8. The van der Waals surface area contributed by atoms with Crippen LogP contribution >= 0.6 is 11.6 Å². The molecule has 0 unspecified atom stereocenters. The summed E-state index contributed by atoms with van der Waals surface area (Å²) < 4.78 is 4.83. The Morgan fingerprint density at radius 2 is 2.43 bits per heavy atom. The van der Waals surface area contributed by atoms with Gasteiger partial charge in [0.05, 0.1) is 6.20 Å². The van der Waals surface area contributed by atoms with Gasteiger partial charge in [-0.25, -0.2) is 0 Å². The van der Waals surface area contributed by atoms with E-state index in [0.717, 1.165) is 0 Å². The van der Waals surface area contributed by atoms with E-state index in [0.29, 0.717) is 30.3 Å². The molecule has 78 valence electrons. The van der Waals surface area contributed by atoms with Gasteiger partial charge in [-0.2, -0.15) is 0 Å². The summed E-state index contributed by atoms with van der Waals surface area (Å²) in [5.41, 5.74) is 0.511. The third-order valence-corrected chi connectivity index (χ3v) is 2.17. The number of hydrogen-bond donors (Lipinski definition) is 0. The number of amides is 1. The van der Waals surface area contributed by atoms with E-state index in [-0.39, 0.29) is 5.91 Å². The zero-order valence-corrected chi connectivity index (χ0v) is 9.04. The van der Waals surface area contributed by atoms with Crippen molar-refractivity contribution in [1.29, 1.82) is 0 Å². The smallest absolute Gasteiger partial charge is 0.259 e. The normalized spacial score (nSPS) is 10.2. The lowest BCUT2D eigenvalue weighted by Gasteiger charge is -2.18. The minimum absolute atomic E-state index is 0.0769. The van der Waals surface area contributed by atoms with Crippen molar-refractivity contribution in [3.8, 4) is 0 Å². The Hall–Kier alpha value is -1.03. The van der Waals surface area contributed by atoms with Crippen molar-refractivity contribution in [2.24, 2.45) is 0 Å². The van der Waals surface area contributed by atoms with Crippen molar-refractivity contribution in [2.75, 3.05) is 19.0 Å². The maximum Gasteiger partial charge on any atom is 0.259 e. The Bertz CT molecular complexity index is 312. The molecule has 5 heteroatoms. The predicted molar refractivity (Wildman–Crippen MR) is 53.5 cm³/mol. The first-order valence-electron chi connectivity index (χ1n) is 4.47. The summed E-state index contributed by atoms with van der Waals surface area (Å²) in [6.07, 6.45) is 1.44. The first-order chi connectivity index (χ1) is 6.70. The summed E-state index contributed by atoms with van der Waals surface area (Å²) in [5, 5.41) is 3.56. The van der Waals surface area contributed by atoms with Crippen LogP contribution in [0.25, 0.3) is 0 Å². The summed E-state index contributed by atoms with van der Waals surface area (Å²) in [6.45, 7) is 4.81. The molecule has 0 aliphatic rings. The van der Waals surface area contributed by atoms with Crippen molar-refractivity contribution in [1.82, 2.24) is 10.1 Å². The molecule has 0 radical (unpaired) electrons. The van der Waals surface area contributed by atoms with Gasteiger partial charge in [-0.15, -0.1) is 11.6 Å². The minimum atomic E-state index is -0.0769. The molecular weight excluding hydrogens is 204 g/mol. The molecule has 0 aliphatic carbocycles. The lowest BCUT2D eigenvalue weighted by atomic mass is 10.2. The van der Waals surface area contributed by atoms with Gasteiger partial charge < -0.3 is 9.42 Å². The van der Waals surface area contributed by atoms with Crippen LogP contribution in [0, 0.1) is 6.92 Å². The van der Waals surface area contributed by atoms with Crippen molar-refractivity contribution >= 4 is 17.5 Å². The van der Waals surface area contributed by atoms with E-state index in [9.17, 15) is 4.79 Å². The second-order valence-electron chi connectivity index (χ2n) is 2.87. The Morgan fingerprint density at radius 1 is 1.71 bits per heavy atom. The van der Waals surface area contributed by atoms with Gasteiger partial charge in [0.15, 0.2) is 0 Å². The number of hydrogen-bond acceptors (Lipinski definition) is 3. The summed E-state index contributed by atoms with van der Waals surface area (Å²) in [5.74, 6) is 0.902. The maximum atomic E-state index is 11.8.